The summed E-state index contributed by atoms with van der Waals surface area (Å²) in [5.41, 5.74) is 1.08. The van der Waals surface area contributed by atoms with Gasteiger partial charge in [0.25, 0.3) is 0 Å². The molecule has 0 N–H and O–H groups in total. The molecule has 8 nitrogen and oxygen atoms in total. The van der Waals surface area contributed by atoms with Crippen molar-refractivity contribution < 1.29 is 28.5 Å². The Bertz CT molecular complexity index is 1130. The first-order valence-corrected chi connectivity index (χ1v) is 10.3. The number of methoxy groups -OCH3 is 2. The summed E-state index contributed by atoms with van der Waals surface area (Å²) in [5, 5.41) is 4.84. The molecule has 3 aromatic rings. The largest absolute Gasteiger partial charge is 0.490 e. The van der Waals surface area contributed by atoms with Crippen molar-refractivity contribution >= 4 is 23.5 Å². The normalized spacial score (nSPS) is 10.5. The molecule has 0 saturated heterocycles. The molecule has 0 aliphatic heterocycles. The van der Waals surface area contributed by atoms with Gasteiger partial charge < -0.3 is 18.9 Å². The van der Waals surface area contributed by atoms with Crippen molar-refractivity contribution in [1.29, 1.82) is 0 Å². The Hall–Kier alpha value is -3.52. The fourth-order valence-electron chi connectivity index (χ4n) is 3.21. The quantitative estimate of drug-likeness (QED) is 0.457. The number of carbonyl (C=O) groups is 2. The number of benzene rings is 2. The summed E-state index contributed by atoms with van der Waals surface area (Å²) < 4.78 is 22.6. The van der Waals surface area contributed by atoms with E-state index in [-0.39, 0.29) is 22.0 Å². The average molecular weight is 459 g/mol. The zero-order valence-electron chi connectivity index (χ0n) is 18.2. The van der Waals surface area contributed by atoms with Crippen molar-refractivity contribution in [3.8, 4) is 28.4 Å². The Kier molecular flexibility index (Phi) is 7.37. The molecule has 9 heteroatoms. The van der Waals surface area contributed by atoms with Crippen LogP contribution in [0.2, 0.25) is 5.02 Å². The Morgan fingerprint density at radius 2 is 1.62 bits per heavy atom. The van der Waals surface area contributed by atoms with E-state index in [1.807, 2.05) is 19.9 Å². The van der Waals surface area contributed by atoms with Crippen molar-refractivity contribution in [3.05, 3.63) is 58.7 Å². The van der Waals surface area contributed by atoms with Gasteiger partial charge in [0.2, 0.25) is 0 Å². The van der Waals surface area contributed by atoms with Crippen molar-refractivity contribution in [2.24, 2.45) is 0 Å². The topological polar surface area (TPSA) is 88.9 Å². The molecule has 0 saturated carbocycles. The predicted octanol–water partition coefficient (Wildman–Crippen LogP) is 4.56. The minimum atomic E-state index is -0.745. The number of nitrogens with zero attached hydrogens (tertiary/aromatic N) is 2. The van der Waals surface area contributed by atoms with E-state index >= 15 is 0 Å². The first kappa shape index (κ1) is 23.1. The molecule has 3 rings (SSSR count). The van der Waals surface area contributed by atoms with Gasteiger partial charge in [0.15, 0.2) is 17.2 Å². The molecule has 0 fully saturated rings. The van der Waals surface area contributed by atoms with Crippen LogP contribution in [0.5, 0.6) is 11.5 Å². The van der Waals surface area contributed by atoms with Crippen LogP contribution in [0.4, 0.5) is 0 Å². The highest BCUT2D eigenvalue weighted by Gasteiger charge is 2.32. The number of hydrogen-bond acceptors (Lipinski definition) is 7. The molecule has 32 heavy (non-hydrogen) atoms. The lowest BCUT2D eigenvalue weighted by Crippen LogP contribution is -2.15. The second-order valence-corrected chi connectivity index (χ2v) is 6.86. The number of aromatic nitrogens is 2. The molecule has 0 unspecified atom stereocenters. The molecule has 0 aliphatic carbocycles. The maximum absolute atomic E-state index is 12.8. The van der Waals surface area contributed by atoms with E-state index in [0.29, 0.717) is 36.0 Å². The van der Waals surface area contributed by atoms with E-state index in [1.165, 1.54) is 18.9 Å². The third-order valence-electron chi connectivity index (χ3n) is 4.53. The fourth-order valence-corrected chi connectivity index (χ4v) is 3.47. The fraction of sp³-hybridized carbons (Fsp3) is 0.261. The number of carbonyl (C=O) groups excluding carboxylic acids is 2. The zero-order chi connectivity index (χ0) is 23.3. The van der Waals surface area contributed by atoms with Gasteiger partial charge in [-0.25, -0.2) is 14.3 Å². The van der Waals surface area contributed by atoms with Crippen LogP contribution in [0.25, 0.3) is 16.9 Å². The molecular formula is C23H23ClN2O6. The van der Waals surface area contributed by atoms with Crippen molar-refractivity contribution in [2.75, 3.05) is 27.4 Å². The highest BCUT2D eigenvalue weighted by Crippen LogP contribution is 2.41. The van der Waals surface area contributed by atoms with Crippen LogP contribution in [-0.2, 0) is 9.47 Å². The number of para-hydroxylation sites is 1. The van der Waals surface area contributed by atoms with Gasteiger partial charge in [-0.3, -0.25) is 0 Å². The lowest BCUT2D eigenvalue weighted by atomic mass is 10.0. The predicted molar refractivity (Wildman–Crippen MR) is 119 cm³/mol. The summed E-state index contributed by atoms with van der Waals surface area (Å²) in [7, 11) is 2.45. The lowest BCUT2D eigenvalue weighted by Gasteiger charge is -2.14. The van der Waals surface area contributed by atoms with E-state index in [2.05, 4.69) is 5.10 Å². The van der Waals surface area contributed by atoms with Crippen molar-refractivity contribution in [3.63, 3.8) is 0 Å². The second kappa shape index (κ2) is 10.2. The first-order valence-electron chi connectivity index (χ1n) is 9.91. The van der Waals surface area contributed by atoms with Crippen molar-refractivity contribution in [2.45, 2.75) is 13.8 Å². The molecule has 0 aliphatic rings. The Balaban J connectivity index is 2.34. The number of halogens is 1. The maximum atomic E-state index is 12.8. The summed E-state index contributed by atoms with van der Waals surface area (Å²) in [6.07, 6.45) is 0. The maximum Gasteiger partial charge on any atom is 0.357 e. The molecule has 1 heterocycles. The zero-order valence-corrected chi connectivity index (χ0v) is 18.9. The summed E-state index contributed by atoms with van der Waals surface area (Å²) in [5.74, 6) is -0.711. The van der Waals surface area contributed by atoms with Gasteiger partial charge in [-0.05, 0) is 38.1 Å². The molecule has 2 aromatic carbocycles. The van der Waals surface area contributed by atoms with Crippen LogP contribution >= 0.6 is 11.6 Å². The number of ether oxygens (including phenoxy) is 4. The van der Waals surface area contributed by atoms with Gasteiger partial charge in [-0.15, -0.1) is 0 Å². The van der Waals surface area contributed by atoms with Crippen molar-refractivity contribution in [1.82, 2.24) is 9.78 Å². The van der Waals surface area contributed by atoms with Crippen LogP contribution in [0.3, 0.4) is 0 Å². The van der Waals surface area contributed by atoms with Gasteiger partial charge in [0.05, 0.1) is 38.1 Å². The van der Waals surface area contributed by atoms with E-state index in [0.717, 1.165) is 0 Å². The number of hydrogen-bond donors (Lipinski definition) is 0. The number of esters is 2. The van der Waals surface area contributed by atoms with Gasteiger partial charge in [-0.1, -0.05) is 29.8 Å². The van der Waals surface area contributed by atoms with Crippen LogP contribution < -0.4 is 9.47 Å². The smallest absolute Gasteiger partial charge is 0.357 e. The summed E-state index contributed by atoms with van der Waals surface area (Å²) in [6.45, 7) is 4.42. The van der Waals surface area contributed by atoms with Crippen LogP contribution in [0, 0.1) is 0 Å². The Labute approximate surface area is 190 Å². The van der Waals surface area contributed by atoms with Crippen LogP contribution in [0.15, 0.2) is 42.5 Å². The third-order valence-corrected chi connectivity index (χ3v) is 4.81. The lowest BCUT2D eigenvalue weighted by molar-refractivity contribution is 0.0549. The first-order chi connectivity index (χ1) is 15.5. The molecule has 0 amide bonds. The van der Waals surface area contributed by atoms with E-state index in [1.54, 1.807) is 36.4 Å². The molecule has 0 bridgehead atoms. The SMILES string of the molecule is CCOc1cc(-c2nn(-c3ccccc3)c(C(=O)OC)c2C(=O)OC)cc(Cl)c1OCC. The van der Waals surface area contributed by atoms with Gasteiger partial charge >= 0.3 is 11.9 Å². The Morgan fingerprint density at radius 1 is 0.969 bits per heavy atom. The Morgan fingerprint density at radius 3 is 2.22 bits per heavy atom. The highest BCUT2D eigenvalue weighted by atomic mass is 35.5. The van der Waals surface area contributed by atoms with E-state index in [9.17, 15) is 9.59 Å². The number of rotatable bonds is 8. The standard InChI is InChI=1S/C23H23ClN2O6/c1-5-31-17-13-14(12-16(24)21(17)32-6-2)19-18(22(27)29-3)20(23(28)30-4)26(25-19)15-10-8-7-9-11-15/h7-13H,5-6H2,1-4H3. The average Bonchev–Trinajstić information content (AvgIpc) is 3.21. The van der Waals surface area contributed by atoms with Crippen LogP contribution in [-0.4, -0.2) is 49.2 Å². The second-order valence-electron chi connectivity index (χ2n) is 6.45. The molecule has 168 valence electrons. The van der Waals surface area contributed by atoms with Crippen LogP contribution in [0.1, 0.15) is 34.7 Å². The van der Waals surface area contributed by atoms with Gasteiger partial charge in [0, 0.05) is 5.56 Å². The monoisotopic (exact) mass is 458 g/mol. The molecule has 0 atom stereocenters. The summed E-state index contributed by atoms with van der Waals surface area (Å²) in [6, 6.07) is 12.2. The minimum absolute atomic E-state index is 0.0501. The highest BCUT2D eigenvalue weighted by molar-refractivity contribution is 6.32. The van der Waals surface area contributed by atoms with Gasteiger partial charge in [-0.2, -0.15) is 5.10 Å². The van der Waals surface area contributed by atoms with E-state index in [4.69, 9.17) is 30.5 Å². The van der Waals surface area contributed by atoms with E-state index < -0.39 is 11.9 Å². The summed E-state index contributed by atoms with van der Waals surface area (Å²) in [4.78, 5) is 25.5. The summed E-state index contributed by atoms with van der Waals surface area (Å²) >= 11 is 6.47. The molecule has 0 spiro atoms. The molecule has 1 aromatic heterocycles. The molecular weight excluding hydrogens is 436 g/mol. The third kappa shape index (κ3) is 4.40. The molecule has 0 radical (unpaired) electrons. The van der Waals surface area contributed by atoms with Gasteiger partial charge in [0.1, 0.15) is 11.3 Å². The minimum Gasteiger partial charge on any atom is -0.490 e.